The van der Waals surface area contributed by atoms with Crippen LogP contribution in [-0.4, -0.2) is 6.04 Å². The summed E-state index contributed by atoms with van der Waals surface area (Å²) in [5.74, 6) is 2.28. The summed E-state index contributed by atoms with van der Waals surface area (Å²) in [5, 5.41) is 8.67. The summed E-state index contributed by atoms with van der Waals surface area (Å²) < 4.78 is 12.8. The first-order valence-electron chi connectivity index (χ1n) is 18.8. The molecule has 0 saturated heterocycles. The van der Waals surface area contributed by atoms with Crippen molar-refractivity contribution in [1.29, 1.82) is 0 Å². The number of nitrogens with one attached hydrogen (secondary N) is 1. The maximum Gasteiger partial charge on any atom is 0.136 e. The van der Waals surface area contributed by atoms with Gasteiger partial charge in [-0.25, -0.2) is 0 Å². The third-order valence-corrected chi connectivity index (χ3v) is 11.2. The summed E-state index contributed by atoms with van der Waals surface area (Å²) in [5.41, 5.74) is 11.3. The van der Waals surface area contributed by atoms with Gasteiger partial charge in [-0.05, 0) is 87.4 Å². The number of hydrogen-bond donors (Lipinski definition) is 1. The van der Waals surface area contributed by atoms with Crippen LogP contribution in [0.5, 0.6) is 5.75 Å². The largest absolute Gasteiger partial charge is 0.459 e. The standard InChI is InChI=1S/C51H39NO2/c1-33-11-3-2-4-13-34(14-9-12-33)35-21-23-36(24-22-35)43-31-39(27-29-45(43)52-46-18-10-17-41-40-15-5-7-19-47(40)54-51(41)46)38-26-25-37-28-30-49-50(44(37)32-38)42-16-6-8-20-48(42)53-49/h2-12,14-16,18-32,41,43,45,52H,1,13,17H2/b4-2-,11-3-,12-9?,34-14+. The molecule has 54 heavy (non-hydrogen) atoms. The molecule has 3 nitrogen and oxygen atoms in total. The summed E-state index contributed by atoms with van der Waals surface area (Å²) in [6.45, 7) is 4.12. The Bertz CT molecular complexity index is 2740. The molecule has 0 radical (unpaired) electrons. The van der Waals surface area contributed by atoms with Crippen molar-refractivity contribution in [2.45, 2.75) is 30.7 Å². The van der Waals surface area contributed by atoms with Gasteiger partial charge >= 0.3 is 0 Å². The molecule has 5 aromatic carbocycles. The second kappa shape index (κ2) is 13.4. The van der Waals surface area contributed by atoms with Crippen LogP contribution in [0.2, 0.25) is 0 Å². The Hall–Kier alpha value is -6.58. The highest BCUT2D eigenvalue weighted by atomic mass is 16.5. The van der Waals surface area contributed by atoms with Crippen molar-refractivity contribution in [3.05, 3.63) is 222 Å². The highest BCUT2D eigenvalue weighted by Gasteiger charge is 2.34. The first-order chi connectivity index (χ1) is 26.7. The molecule has 3 unspecified atom stereocenters. The van der Waals surface area contributed by atoms with Gasteiger partial charge in [-0.15, -0.1) is 0 Å². The van der Waals surface area contributed by atoms with Gasteiger partial charge in [0.25, 0.3) is 0 Å². The Morgan fingerprint density at radius 2 is 1.54 bits per heavy atom. The van der Waals surface area contributed by atoms with Gasteiger partial charge in [0.15, 0.2) is 0 Å². The van der Waals surface area contributed by atoms with Crippen molar-refractivity contribution in [1.82, 2.24) is 5.32 Å². The van der Waals surface area contributed by atoms with Crippen molar-refractivity contribution in [2.24, 2.45) is 0 Å². The Morgan fingerprint density at radius 3 is 2.48 bits per heavy atom. The number of hydrogen-bond acceptors (Lipinski definition) is 3. The smallest absolute Gasteiger partial charge is 0.136 e. The number of benzene rings is 5. The van der Waals surface area contributed by atoms with Gasteiger partial charge in [0, 0.05) is 22.3 Å². The van der Waals surface area contributed by atoms with E-state index in [2.05, 4.69) is 170 Å². The molecule has 0 spiro atoms. The number of allylic oxidation sites excluding steroid dienone is 14. The fraction of sp³-hybridized carbons (Fsp3) is 0.0980. The molecule has 3 aliphatic carbocycles. The van der Waals surface area contributed by atoms with E-state index in [0.717, 1.165) is 52.2 Å². The first kappa shape index (κ1) is 32.1. The van der Waals surface area contributed by atoms with Crippen LogP contribution in [0.1, 0.15) is 46.9 Å². The summed E-state index contributed by atoms with van der Waals surface area (Å²) in [7, 11) is 0. The van der Waals surface area contributed by atoms with Crippen LogP contribution in [0.3, 0.4) is 0 Å². The van der Waals surface area contributed by atoms with Crippen LogP contribution in [0, 0.1) is 0 Å². The zero-order valence-electron chi connectivity index (χ0n) is 29.9. The third kappa shape index (κ3) is 5.79. The van der Waals surface area contributed by atoms with Crippen molar-refractivity contribution in [3.63, 3.8) is 0 Å². The van der Waals surface area contributed by atoms with Gasteiger partial charge in [-0.1, -0.05) is 152 Å². The van der Waals surface area contributed by atoms with Crippen molar-refractivity contribution in [3.8, 4) is 5.75 Å². The molecule has 10 rings (SSSR count). The predicted octanol–water partition coefficient (Wildman–Crippen LogP) is 12.8. The minimum absolute atomic E-state index is 0.0133. The van der Waals surface area contributed by atoms with Gasteiger partial charge in [0.1, 0.15) is 22.7 Å². The minimum atomic E-state index is 0.0133. The van der Waals surface area contributed by atoms with E-state index in [1.807, 2.05) is 18.2 Å². The average Bonchev–Trinajstić information content (AvgIpc) is 3.80. The molecule has 0 bridgehead atoms. The molecular formula is C51H39NO2. The molecule has 1 aliphatic heterocycles. The van der Waals surface area contributed by atoms with Crippen LogP contribution in [-0.2, 0) is 0 Å². The summed E-state index contributed by atoms with van der Waals surface area (Å²) in [6, 6.07) is 37.0. The SMILES string of the molecule is C=C1C=C/C=C(/c2ccc(C3C=C(c4ccc5ccc6oc7ccccc7c6c5c4)C=CC3NC3=C4Oc5ccccc5C4CC=C3)cc2)C/C=C\C=C/1. The molecule has 1 aromatic heterocycles. The van der Waals surface area contributed by atoms with E-state index in [1.165, 1.54) is 49.6 Å². The highest BCUT2D eigenvalue weighted by Crippen LogP contribution is 2.46. The first-order valence-corrected chi connectivity index (χ1v) is 18.8. The van der Waals surface area contributed by atoms with Crippen molar-refractivity contribution >= 4 is 43.9 Å². The molecule has 6 aromatic rings. The van der Waals surface area contributed by atoms with Gasteiger partial charge in [0.2, 0.25) is 0 Å². The highest BCUT2D eigenvalue weighted by molar-refractivity contribution is 6.19. The molecule has 2 heterocycles. The second-order valence-corrected chi connectivity index (χ2v) is 14.5. The quantitative estimate of drug-likeness (QED) is 0.195. The number of furan rings is 1. The Balaban J connectivity index is 1.04. The lowest BCUT2D eigenvalue weighted by atomic mass is 9.82. The Labute approximate surface area is 315 Å². The van der Waals surface area contributed by atoms with Crippen LogP contribution in [0.25, 0.3) is 43.9 Å². The summed E-state index contributed by atoms with van der Waals surface area (Å²) >= 11 is 0. The molecule has 260 valence electrons. The average molecular weight is 698 g/mol. The second-order valence-electron chi connectivity index (χ2n) is 14.5. The number of ether oxygens (including phenoxy) is 1. The molecule has 1 N–H and O–H groups in total. The van der Waals surface area contributed by atoms with Crippen LogP contribution < -0.4 is 10.1 Å². The van der Waals surface area contributed by atoms with Gasteiger partial charge in [-0.3, -0.25) is 0 Å². The lowest BCUT2D eigenvalue weighted by Crippen LogP contribution is -2.34. The van der Waals surface area contributed by atoms with E-state index in [9.17, 15) is 0 Å². The van der Waals surface area contributed by atoms with Gasteiger partial charge in [-0.2, -0.15) is 0 Å². The van der Waals surface area contributed by atoms with Crippen LogP contribution >= 0.6 is 0 Å². The van der Waals surface area contributed by atoms with Crippen LogP contribution in [0.15, 0.2) is 204 Å². The number of rotatable bonds is 5. The molecule has 3 atom stereocenters. The third-order valence-electron chi connectivity index (χ3n) is 11.2. The van der Waals surface area contributed by atoms with E-state index < -0.39 is 0 Å². The monoisotopic (exact) mass is 697 g/mol. The molecule has 0 saturated carbocycles. The topological polar surface area (TPSA) is 34.4 Å². The molecule has 4 aliphatic rings. The Kier molecular flexibility index (Phi) is 7.99. The number of para-hydroxylation sites is 2. The molecular weight excluding hydrogens is 659 g/mol. The van der Waals surface area contributed by atoms with Gasteiger partial charge < -0.3 is 14.5 Å². The maximum absolute atomic E-state index is 6.51. The summed E-state index contributed by atoms with van der Waals surface area (Å²) in [6.07, 6.45) is 28.1. The minimum Gasteiger partial charge on any atom is -0.459 e. The fourth-order valence-electron chi connectivity index (χ4n) is 8.41. The van der Waals surface area contributed by atoms with E-state index in [-0.39, 0.29) is 17.9 Å². The van der Waals surface area contributed by atoms with E-state index in [0.29, 0.717) is 0 Å². The summed E-state index contributed by atoms with van der Waals surface area (Å²) in [4.78, 5) is 0. The zero-order valence-corrected chi connectivity index (χ0v) is 29.9. The van der Waals surface area contributed by atoms with Gasteiger partial charge in [0.05, 0.1) is 17.7 Å². The maximum atomic E-state index is 6.51. The molecule has 3 heteroatoms. The molecule has 0 fully saturated rings. The van der Waals surface area contributed by atoms with Crippen molar-refractivity contribution < 1.29 is 9.15 Å². The van der Waals surface area contributed by atoms with E-state index in [4.69, 9.17) is 9.15 Å². The van der Waals surface area contributed by atoms with Crippen LogP contribution in [0.4, 0.5) is 0 Å². The normalized spacial score (nSPS) is 22.7. The molecule has 0 amide bonds. The predicted molar refractivity (Wildman–Crippen MR) is 224 cm³/mol. The fourth-order valence-corrected chi connectivity index (χ4v) is 8.41. The number of fused-ring (bicyclic) bond motifs is 8. The lowest BCUT2D eigenvalue weighted by molar-refractivity contribution is 0.409. The van der Waals surface area contributed by atoms with E-state index >= 15 is 0 Å². The zero-order chi connectivity index (χ0) is 36.0. The Morgan fingerprint density at radius 1 is 0.704 bits per heavy atom. The van der Waals surface area contributed by atoms with E-state index in [1.54, 1.807) is 0 Å². The van der Waals surface area contributed by atoms with Crippen molar-refractivity contribution in [2.75, 3.05) is 0 Å². The lowest BCUT2D eigenvalue weighted by Gasteiger charge is -2.31.